The summed E-state index contributed by atoms with van der Waals surface area (Å²) in [5, 5.41) is 0. The first-order chi connectivity index (χ1) is 22.3. The Balaban J connectivity index is 0.946. The number of benzene rings is 4. The maximum Gasteiger partial charge on any atom is 0.343 e. The smallest absolute Gasteiger partial charge is 0.343 e. The summed E-state index contributed by atoms with van der Waals surface area (Å²) in [6, 6.07) is 29.3. The molecule has 1 aliphatic heterocycles. The first-order valence-corrected chi connectivity index (χ1v) is 15.4. The number of carbonyl (C=O) groups is 5. The molecule has 8 heteroatoms. The van der Waals surface area contributed by atoms with Gasteiger partial charge in [-0.05, 0) is 104 Å². The molecule has 2 amide bonds. The van der Waals surface area contributed by atoms with E-state index in [9.17, 15) is 24.0 Å². The van der Waals surface area contributed by atoms with E-state index in [2.05, 4.69) is 12.1 Å². The highest BCUT2D eigenvalue weighted by Crippen LogP contribution is 2.61. The largest absolute Gasteiger partial charge is 0.454 e. The standard InChI is InChI=1S/C38H31NO7/c1-22-7-9-26(10-8-22)38(44)46-29-17-13-24(14-18-29)32(40)21-45-37(43)25-11-15-28(16-12-25)39-35(41)33-27-19-30(23-5-3-2-4-6-23)31(20-27)34(33)36(39)42/h2-18,27,30-31,33-34H,19-21H2,1H3/t27-,30-,31+,33-,34-/m0/s1. The molecule has 0 spiro atoms. The molecule has 8 nitrogen and oxygen atoms in total. The summed E-state index contributed by atoms with van der Waals surface area (Å²) in [5.74, 6) is -1.68. The van der Waals surface area contributed by atoms with Crippen molar-refractivity contribution in [2.24, 2.45) is 23.7 Å². The minimum atomic E-state index is -0.705. The minimum Gasteiger partial charge on any atom is -0.454 e. The van der Waals surface area contributed by atoms with E-state index >= 15 is 0 Å². The predicted octanol–water partition coefficient (Wildman–Crippen LogP) is 6.18. The van der Waals surface area contributed by atoms with E-state index in [0.717, 1.165) is 18.4 Å². The van der Waals surface area contributed by atoms with Gasteiger partial charge in [0.15, 0.2) is 12.4 Å². The van der Waals surface area contributed by atoms with Crippen LogP contribution in [-0.4, -0.2) is 36.1 Å². The molecule has 7 rings (SSSR count). The Kier molecular flexibility index (Phi) is 7.56. The molecule has 2 saturated carbocycles. The zero-order valence-electron chi connectivity index (χ0n) is 25.1. The number of fused-ring (bicyclic) bond motifs is 5. The van der Waals surface area contributed by atoms with Crippen LogP contribution >= 0.6 is 0 Å². The molecule has 3 fully saturated rings. The van der Waals surface area contributed by atoms with Gasteiger partial charge < -0.3 is 9.47 Å². The van der Waals surface area contributed by atoms with Crippen molar-refractivity contribution in [1.29, 1.82) is 0 Å². The van der Waals surface area contributed by atoms with Gasteiger partial charge in [-0.1, -0.05) is 48.0 Å². The van der Waals surface area contributed by atoms with Crippen molar-refractivity contribution >= 4 is 35.2 Å². The monoisotopic (exact) mass is 613 g/mol. The number of carbonyl (C=O) groups excluding carboxylic acids is 5. The second-order valence-corrected chi connectivity index (χ2v) is 12.3. The van der Waals surface area contributed by atoms with E-state index in [1.165, 1.54) is 46.9 Å². The van der Waals surface area contributed by atoms with Crippen LogP contribution in [0.5, 0.6) is 5.75 Å². The number of esters is 2. The quantitative estimate of drug-likeness (QED) is 0.101. The van der Waals surface area contributed by atoms with E-state index in [4.69, 9.17) is 9.47 Å². The zero-order chi connectivity index (χ0) is 31.9. The van der Waals surface area contributed by atoms with Gasteiger partial charge in [0.05, 0.1) is 28.7 Å². The molecule has 1 saturated heterocycles. The second-order valence-electron chi connectivity index (χ2n) is 12.3. The van der Waals surface area contributed by atoms with Gasteiger partial charge in [0.25, 0.3) is 0 Å². The van der Waals surface area contributed by atoms with Crippen LogP contribution in [0.4, 0.5) is 5.69 Å². The van der Waals surface area contributed by atoms with Crippen molar-refractivity contribution in [2.45, 2.75) is 25.7 Å². The Labute approximate surface area is 265 Å². The van der Waals surface area contributed by atoms with Crippen LogP contribution in [0.2, 0.25) is 0 Å². The summed E-state index contributed by atoms with van der Waals surface area (Å²) in [5.41, 5.74) is 3.58. The molecule has 2 aliphatic carbocycles. The number of amides is 2. The maximum absolute atomic E-state index is 13.6. The Morgan fingerprint density at radius 2 is 1.30 bits per heavy atom. The number of rotatable bonds is 8. The lowest BCUT2D eigenvalue weighted by Gasteiger charge is -2.28. The number of anilines is 1. The maximum atomic E-state index is 13.6. The molecule has 0 N–H and O–H groups in total. The fourth-order valence-corrected chi connectivity index (χ4v) is 7.41. The summed E-state index contributed by atoms with van der Waals surface area (Å²) in [4.78, 5) is 66.1. The molecule has 46 heavy (non-hydrogen) atoms. The molecule has 5 atom stereocenters. The third kappa shape index (κ3) is 5.30. The van der Waals surface area contributed by atoms with Gasteiger partial charge in [-0.3, -0.25) is 19.3 Å². The summed E-state index contributed by atoms with van der Waals surface area (Å²) in [6.07, 6.45) is 1.81. The number of Topliss-reactive ketones (excluding diaryl/α,β-unsaturated/α-hetero) is 1. The average molecular weight is 614 g/mol. The normalized spacial score (nSPS) is 22.9. The number of hydrogen-bond acceptors (Lipinski definition) is 7. The fraction of sp³-hybridized carbons (Fsp3) is 0.237. The Morgan fingerprint density at radius 3 is 2.00 bits per heavy atom. The van der Waals surface area contributed by atoms with Crippen molar-refractivity contribution in [1.82, 2.24) is 0 Å². The van der Waals surface area contributed by atoms with Crippen LogP contribution in [0, 0.1) is 30.6 Å². The summed E-state index contributed by atoms with van der Waals surface area (Å²) >= 11 is 0. The van der Waals surface area contributed by atoms with Crippen molar-refractivity contribution < 1.29 is 33.4 Å². The number of imide groups is 1. The van der Waals surface area contributed by atoms with Crippen LogP contribution < -0.4 is 9.64 Å². The van der Waals surface area contributed by atoms with Crippen LogP contribution in [-0.2, 0) is 14.3 Å². The van der Waals surface area contributed by atoms with E-state index in [1.807, 2.05) is 37.3 Å². The number of nitrogens with zero attached hydrogens (tertiary/aromatic N) is 1. The predicted molar refractivity (Wildman–Crippen MR) is 169 cm³/mol. The SMILES string of the molecule is Cc1ccc(C(=O)Oc2ccc(C(=O)COC(=O)c3ccc(N4C(=O)[C@H]5[C@@H]6C[C@@H]([C@@H]5C4=O)[C@H](c4ccccc4)C6)cc3)cc2)cc1. The second kappa shape index (κ2) is 11.9. The molecule has 4 aromatic carbocycles. The Hall–Kier alpha value is -5.37. The molecule has 230 valence electrons. The molecule has 4 aromatic rings. The van der Waals surface area contributed by atoms with E-state index in [-0.39, 0.29) is 52.7 Å². The Bertz CT molecular complexity index is 1830. The van der Waals surface area contributed by atoms with Gasteiger partial charge in [-0.25, -0.2) is 9.59 Å². The molecule has 2 bridgehead atoms. The van der Waals surface area contributed by atoms with Gasteiger partial charge in [0.2, 0.25) is 11.8 Å². The van der Waals surface area contributed by atoms with E-state index in [0.29, 0.717) is 16.8 Å². The number of ether oxygens (including phenoxy) is 2. The van der Waals surface area contributed by atoms with Crippen LogP contribution in [0.1, 0.15) is 61.0 Å². The summed E-state index contributed by atoms with van der Waals surface area (Å²) < 4.78 is 10.6. The molecule has 0 aromatic heterocycles. The molecule has 0 radical (unpaired) electrons. The first-order valence-electron chi connectivity index (χ1n) is 15.4. The lowest BCUT2D eigenvalue weighted by atomic mass is 9.73. The molecule has 3 aliphatic rings. The Morgan fingerprint density at radius 1 is 0.696 bits per heavy atom. The minimum absolute atomic E-state index is 0.149. The van der Waals surface area contributed by atoms with Crippen LogP contribution in [0.15, 0.2) is 103 Å². The highest BCUT2D eigenvalue weighted by molar-refractivity contribution is 6.22. The number of ketones is 1. The number of aryl methyl sites for hydroxylation is 1. The molecular formula is C38H31NO7. The van der Waals surface area contributed by atoms with Crippen molar-refractivity contribution in [3.05, 3.63) is 131 Å². The lowest BCUT2D eigenvalue weighted by Crippen LogP contribution is -2.33. The van der Waals surface area contributed by atoms with Gasteiger partial charge in [-0.2, -0.15) is 0 Å². The van der Waals surface area contributed by atoms with Crippen LogP contribution in [0.3, 0.4) is 0 Å². The topological polar surface area (TPSA) is 107 Å². The summed E-state index contributed by atoms with van der Waals surface area (Å²) in [7, 11) is 0. The molecular weight excluding hydrogens is 582 g/mol. The van der Waals surface area contributed by atoms with Gasteiger partial charge >= 0.3 is 11.9 Å². The average Bonchev–Trinajstić information content (AvgIpc) is 3.75. The molecule has 0 unspecified atom stereocenters. The molecule has 1 heterocycles. The van der Waals surface area contributed by atoms with Gasteiger partial charge in [-0.15, -0.1) is 0 Å². The van der Waals surface area contributed by atoms with Crippen molar-refractivity contribution in [3.8, 4) is 5.75 Å². The lowest BCUT2D eigenvalue weighted by molar-refractivity contribution is -0.123. The van der Waals surface area contributed by atoms with Gasteiger partial charge in [0, 0.05) is 5.56 Å². The highest BCUT2D eigenvalue weighted by Gasteiger charge is 2.64. The highest BCUT2D eigenvalue weighted by atomic mass is 16.5. The van der Waals surface area contributed by atoms with Crippen molar-refractivity contribution in [2.75, 3.05) is 11.5 Å². The first kappa shape index (κ1) is 29.3. The third-order valence-electron chi connectivity index (χ3n) is 9.61. The fourth-order valence-electron chi connectivity index (χ4n) is 7.41. The van der Waals surface area contributed by atoms with Crippen LogP contribution in [0.25, 0.3) is 0 Å². The van der Waals surface area contributed by atoms with E-state index < -0.39 is 24.3 Å². The summed E-state index contributed by atoms with van der Waals surface area (Å²) in [6.45, 7) is 1.44. The van der Waals surface area contributed by atoms with Crippen molar-refractivity contribution in [3.63, 3.8) is 0 Å². The van der Waals surface area contributed by atoms with E-state index in [1.54, 1.807) is 24.3 Å². The third-order valence-corrected chi connectivity index (χ3v) is 9.61. The van der Waals surface area contributed by atoms with Gasteiger partial charge in [0.1, 0.15) is 5.75 Å². The number of hydrogen-bond donors (Lipinski definition) is 0. The zero-order valence-corrected chi connectivity index (χ0v) is 25.1.